The van der Waals surface area contributed by atoms with Crippen LogP contribution in [-0.2, 0) is 30.4 Å². The number of amides is 3. The molecule has 0 aliphatic heterocycles. The van der Waals surface area contributed by atoms with E-state index in [2.05, 4.69) is 25.9 Å². The third-order valence-electron chi connectivity index (χ3n) is 6.88. The van der Waals surface area contributed by atoms with E-state index in [1.54, 1.807) is 6.20 Å². The van der Waals surface area contributed by atoms with Gasteiger partial charge in [0.25, 0.3) is 0 Å². The summed E-state index contributed by atoms with van der Waals surface area (Å²) in [6, 6.07) is 2.61. The summed E-state index contributed by atoms with van der Waals surface area (Å²) < 4.78 is 0. The van der Waals surface area contributed by atoms with Crippen molar-refractivity contribution in [3.63, 3.8) is 0 Å². The standard InChI is InChI=1S/C28H43N9O7/c29-12-4-3-9-20(25(41)36-21(27(43)44)10-11-23(38)39)35-26(42)22(14-16-15-34-19-8-2-1-6-17(16)19)37-24(40)18(30)7-5-13-33-28(31)32/h1-2,6,8,15,18,20-22,34H,3-5,7,9-14,29-30H2,(H,35,42)(H,36,41)(H,37,40)(H,38,39)(H,43,44)(H4,31,32,33). The molecule has 0 saturated carbocycles. The number of rotatable bonds is 20. The third-order valence-corrected chi connectivity index (χ3v) is 6.88. The van der Waals surface area contributed by atoms with Crippen molar-refractivity contribution < 1.29 is 34.2 Å². The third kappa shape index (κ3) is 11.9. The second-order valence-electron chi connectivity index (χ2n) is 10.4. The van der Waals surface area contributed by atoms with E-state index in [1.807, 2.05) is 24.3 Å². The number of aromatic nitrogens is 1. The van der Waals surface area contributed by atoms with Crippen LogP contribution >= 0.6 is 0 Å². The number of carboxylic acids is 2. The lowest BCUT2D eigenvalue weighted by molar-refractivity contribution is -0.143. The summed E-state index contributed by atoms with van der Waals surface area (Å²) >= 11 is 0. The van der Waals surface area contributed by atoms with Crippen molar-refractivity contribution in [1.29, 1.82) is 0 Å². The van der Waals surface area contributed by atoms with Crippen molar-refractivity contribution in [2.45, 2.75) is 75.5 Å². The minimum atomic E-state index is -1.48. The van der Waals surface area contributed by atoms with Gasteiger partial charge in [0.2, 0.25) is 17.7 Å². The average molecular weight is 618 g/mol. The quantitative estimate of drug-likeness (QED) is 0.0469. The molecule has 2 aromatic rings. The molecule has 0 spiro atoms. The van der Waals surface area contributed by atoms with Gasteiger partial charge in [-0.15, -0.1) is 0 Å². The highest BCUT2D eigenvalue weighted by molar-refractivity contribution is 5.95. The van der Waals surface area contributed by atoms with E-state index < -0.39 is 60.2 Å². The van der Waals surface area contributed by atoms with Gasteiger partial charge in [0.1, 0.15) is 18.1 Å². The van der Waals surface area contributed by atoms with Crippen LogP contribution in [0, 0.1) is 0 Å². The fourth-order valence-electron chi connectivity index (χ4n) is 4.49. The van der Waals surface area contributed by atoms with Gasteiger partial charge < -0.3 is 54.1 Å². The van der Waals surface area contributed by atoms with Crippen LogP contribution in [0.1, 0.15) is 50.5 Å². The highest BCUT2D eigenvalue weighted by atomic mass is 16.4. The largest absolute Gasteiger partial charge is 0.481 e. The van der Waals surface area contributed by atoms with Gasteiger partial charge in [-0.3, -0.25) is 24.2 Å². The number of aromatic amines is 1. The maximum Gasteiger partial charge on any atom is 0.326 e. The smallest absolute Gasteiger partial charge is 0.326 e. The predicted molar refractivity (Wildman–Crippen MR) is 163 cm³/mol. The number of fused-ring (bicyclic) bond motifs is 1. The lowest BCUT2D eigenvalue weighted by Gasteiger charge is -2.25. The van der Waals surface area contributed by atoms with Crippen LogP contribution in [0.15, 0.2) is 35.5 Å². The number of benzene rings is 1. The number of nitrogens with one attached hydrogen (secondary N) is 4. The number of nitrogens with two attached hydrogens (primary N) is 4. The molecule has 16 nitrogen and oxygen atoms in total. The summed E-state index contributed by atoms with van der Waals surface area (Å²) in [6.45, 7) is 0.602. The maximum absolute atomic E-state index is 13.7. The zero-order valence-corrected chi connectivity index (χ0v) is 24.5. The lowest BCUT2D eigenvalue weighted by atomic mass is 10.0. The van der Waals surface area contributed by atoms with Crippen LogP contribution in [0.5, 0.6) is 0 Å². The maximum atomic E-state index is 13.7. The molecule has 0 aliphatic carbocycles. The monoisotopic (exact) mass is 617 g/mol. The molecule has 0 aliphatic rings. The zero-order valence-electron chi connectivity index (χ0n) is 24.5. The number of aliphatic imine (C=N–C) groups is 1. The Hall–Kier alpha value is -4.70. The second kappa shape index (κ2) is 18.1. The normalized spacial score (nSPS) is 13.7. The number of unbranched alkanes of at least 4 members (excludes halogenated alkanes) is 1. The second-order valence-corrected chi connectivity index (χ2v) is 10.4. The van der Waals surface area contributed by atoms with E-state index in [1.165, 1.54) is 0 Å². The molecular formula is C28H43N9O7. The first-order valence-electron chi connectivity index (χ1n) is 14.3. The van der Waals surface area contributed by atoms with Gasteiger partial charge in [-0.05, 0) is 56.7 Å². The molecule has 0 fully saturated rings. The van der Waals surface area contributed by atoms with Crippen molar-refractivity contribution in [3.8, 4) is 0 Å². The molecule has 16 heteroatoms. The van der Waals surface area contributed by atoms with Gasteiger partial charge in [-0.25, -0.2) is 4.79 Å². The number of guanidine groups is 1. The van der Waals surface area contributed by atoms with E-state index in [4.69, 9.17) is 28.0 Å². The Kier molecular flexibility index (Phi) is 14.6. The Morgan fingerprint density at radius 2 is 1.50 bits per heavy atom. The fraction of sp³-hybridized carbons (Fsp3) is 0.500. The van der Waals surface area contributed by atoms with Gasteiger partial charge in [-0.2, -0.15) is 0 Å². The molecule has 4 atom stereocenters. The molecule has 242 valence electrons. The summed E-state index contributed by atoms with van der Waals surface area (Å²) in [5, 5.41) is 26.9. The highest BCUT2D eigenvalue weighted by Gasteiger charge is 2.31. The molecule has 1 heterocycles. The highest BCUT2D eigenvalue weighted by Crippen LogP contribution is 2.19. The minimum absolute atomic E-state index is 0.0514. The number of hydrogen-bond acceptors (Lipinski definition) is 8. The first kappa shape index (κ1) is 35.5. The van der Waals surface area contributed by atoms with Crippen LogP contribution in [0.2, 0.25) is 0 Å². The van der Waals surface area contributed by atoms with Crippen molar-refractivity contribution in [3.05, 3.63) is 36.0 Å². The Balaban J connectivity index is 2.26. The van der Waals surface area contributed by atoms with Gasteiger partial charge in [0.05, 0.1) is 6.04 Å². The SMILES string of the molecule is NCCCCC(NC(=O)C(Cc1c[nH]c2ccccc12)NC(=O)C(N)CCCN=C(N)N)C(=O)NC(CCC(=O)O)C(=O)O. The number of aliphatic carboxylic acids is 2. The number of H-pyrrole nitrogens is 1. The number of para-hydroxylation sites is 1. The topological polar surface area (TPSA) is 294 Å². The van der Waals surface area contributed by atoms with E-state index in [0.717, 1.165) is 16.5 Å². The van der Waals surface area contributed by atoms with Crippen LogP contribution < -0.4 is 38.9 Å². The van der Waals surface area contributed by atoms with E-state index in [-0.39, 0.29) is 38.2 Å². The number of carboxylic acid groups (broad SMARTS) is 2. The Bertz CT molecular complexity index is 1310. The van der Waals surface area contributed by atoms with Crippen molar-refractivity contribution >= 4 is 46.5 Å². The molecular weight excluding hydrogens is 574 g/mol. The van der Waals surface area contributed by atoms with Crippen molar-refractivity contribution in [1.82, 2.24) is 20.9 Å². The lowest BCUT2D eigenvalue weighted by Crippen LogP contribution is -2.57. The Morgan fingerprint density at radius 3 is 2.16 bits per heavy atom. The van der Waals surface area contributed by atoms with Gasteiger partial charge in [0.15, 0.2) is 5.96 Å². The molecule has 2 rings (SSSR count). The van der Waals surface area contributed by atoms with Gasteiger partial charge in [-0.1, -0.05) is 18.2 Å². The molecule has 0 bridgehead atoms. The van der Waals surface area contributed by atoms with Crippen LogP contribution in [0.4, 0.5) is 0 Å². The van der Waals surface area contributed by atoms with Crippen molar-refractivity contribution in [2.75, 3.05) is 13.1 Å². The van der Waals surface area contributed by atoms with Crippen molar-refractivity contribution in [2.24, 2.45) is 27.9 Å². The number of carbonyl (C=O) groups excluding carboxylic acids is 3. The summed E-state index contributed by atoms with van der Waals surface area (Å²) in [5.41, 5.74) is 23.9. The molecule has 1 aromatic heterocycles. The summed E-state index contributed by atoms with van der Waals surface area (Å²) in [6.07, 6.45) is 2.69. The predicted octanol–water partition coefficient (Wildman–Crippen LogP) is -1.38. The molecule has 3 amide bonds. The molecule has 0 radical (unpaired) electrons. The number of carbonyl (C=O) groups is 5. The summed E-state index contributed by atoms with van der Waals surface area (Å²) in [7, 11) is 0. The fourth-order valence-corrected chi connectivity index (χ4v) is 4.49. The average Bonchev–Trinajstić information content (AvgIpc) is 3.38. The first-order valence-corrected chi connectivity index (χ1v) is 14.3. The molecule has 14 N–H and O–H groups in total. The number of nitrogens with zero attached hydrogens (tertiary/aromatic N) is 1. The Labute approximate surface area is 254 Å². The molecule has 4 unspecified atom stereocenters. The molecule has 44 heavy (non-hydrogen) atoms. The molecule has 0 saturated heterocycles. The van der Waals surface area contributed by atoms with E-state index >= 15 is 0 Å². The van der Waals surface area contributed by atoms with Gasteiger partial charge >= 0.3 is 11.9 Å². The van der Waals surface area contributed by atoms with Crippen LogP contribution in [-0.4, -0.2) is 88.1 Å². The van der Waals surface area contributed by atoms with Crippen LogP contribution in [0.3, 0.4) is 0 Å². The Morgan fingerprint density at radius 1 is 0.841 bits per heavy atom. The zero-order chi connectivity index (χ0) is 32.6. The van der Waals surface area contributed by atoms with E-state index in [0.29, 0.717) is 25.8 Å². The van der Waals surface area contributed by atoms with Gasteiger partial charge in [0, 0.05) is 36.5 Å². The molecule has 1 aromatic carbocycles. The summed E-state index contributed by atoms with van der Waals surface area (Å²) in [4.78, 5) is 69.5. The number of hydrogen-bond donors (Lipinski definition) is 10. The first-order chi connectivity index (χ1) is 20.9. The van der Waals surface area contributed by atoms with Crippen LogP contribution in [0.25, 0.3) is 10.9 Å². The minimum Gasteiger partial charge on any atom is -0.481 e. The van der Waals surface area contributed by atoms with E-state index in [9.17, 15) is 29.1 Å². The summed E-state index contributed by atoms with van der Waals surface area (Å²) in [5.74, 6) is -4.81.